The van der Waals surface area contributed by atoms with Crippen LogP contribution in [0.25, 0.3) is 0 Å². The lowest BCUT2D eigenvalue weighted by Crippen LogP contribution is -2.36. The number of alkyl halides is 2. The predicted octanol–water partition coefficient (Wildman–Crippen LogP) is 3.43. The number of aromatic nitrogens is 3. The van der Waals surface area contributed by atoms with Gasteiger partial charge in [-0.2, -0.15) is 8.78 Å². The van der Waals surface area contributed by atoms with Crippen LogP contribution in [0, 0.1) is 0 Å². The zero-order valence-electron chi connectivity index (χ0n) is 15.4. The molecule has 7 nitrogen and oxygen atoms in total. The average Bonchev–Trinajstić information content (AvgIpc) is 3.28. The van der Waals surface area contributed by atoms with Crippen molar-refractivity contribution in [1.29, 1.82) is 0 Å². The van der Waals surface area contributed by atoms with E-state index in [2.05, 4.69) is 39.6 Å². The molecule has 0 radical (unpaired) electrons. The third-order valence-corrected chi connectivity index (χ3v) is 4.09. The van der Waals surface area contributed by atoms with Crippen LogP contribution in [0.3, 0.4) is 0 Å². The van der Waals surface area contributed by atoms with Gasteiger partial charge in [-0.05, 0) is 19.8 Å². The zero-order valence-corrected chi connectivity index (χ0v) is 15.4. The molecule has 0 bridgehead atoms. The van der Waals surface area contributed by atoms with E-state index in [0.717, 1.165) is 23.1 Å². The minimum Gasteiger partial charge on any atom is -0.359 e. The van der Waals surface area contributed by atoms with E-state index in [1.54, 1.807) is 0 Å². The molecular formula is C17H26F2N6O. The zero-order chi connectivity index (χ0) is 18.9. The lowest BCUT2D eigenvalue weighted by molar-refractivity contribution is 0.0671. The Bertz CT molecular complexity index is 693. The maximum absolute atomic E-state index is 12.9. The molecule has 0 fully saturated rings. The van der Waals surface area contributed by atoms with Gasteiger partial charge in [-0.3, -0.25) is 4.57 Å². The Balaban J connectivity index is 1.98. The van der Waals surface area contributed by atoms with Crippen LogP contribution >= 0.6 is 0 Å². The molecule has 2 aromatic rings. The fourth-order valence-electron chi connectivity index (χ4n) is 2.62. The molecular weight excluding hydrogens is 342 g/mol. The highest BCUT2D eigenvalue weighted by Crippen LogP contribution is 2.22. The van der Waals surface area contributed by atoms with Gasteiger partial charge in [-0.1, -0.05) is 19.0 Å². The molecule has 0 amide bonds. The molecule has 144 valence electrons. The Morgan fingerprint density at radius 1 is 1.27 bits per heavy atom. The summed E-state index contributed by atoms with van der Waals surface area (Å²) in [7, 11) is 0. The summed E-state index contributed by atoms with van der Waals surface area (Å²) in [4.78, 5) is 8.23. The highest BCUT2D eigenvalue weighted by atomic mass is 19.3. The van der Waals surface area contributed by atoms with Crippen molar-refractivity contribution < 1.29 is 13.3 Å². The minimum absolute atomic E-state index is 0.0437. The molecule has 0 aliphatic heterocycles. The van der Waals surface area contributed by atoms with E-state index in [0.29, 0.717) is 30.7 Å². The summed E-state index contributed by atoms with van der Waals surface area (Å²) in [5.74, 6) is 1.79. The Hall–Kier alpha value is -2.45. The van der Waals surface area contributed by atoms with E-state index in [-0.39, 0.29) is 12.4 Å². The molecule has 0 unspecified atom stereocenters. The maximum Gasteiger partial charge on any atom is 0.319 e. The number of nitrogens with one attached hydrogen (secondary N) is 2. The van der Waals surface area contributed by atoms with Gasteiger partial charge in [0.25, 0.3) is 0 Å². The largest absolute Gasteiger partial charge is 0.359 e. The summed E-state index contributed by atoms with van der Waals surface area (Å²) in [5, 5.41) is 10.3. The van der Waals surface area contributed by atoms with Gasteiger partial charge < -0.3 is 15.2 Å². The number of guanidine groups is 1. The quantitative estimate of drug-likeness (QED) is 0.524. The second-order valence-electron chi connectivity index (χ2n) is 5.81. The summed E-state index contributed by atoms with van der Waals surface area (Å²) in [6, 6.07) is 1.94. The topological polar surface area (TPSA) is 80.3 Å². The first-order valence-corrected chi connectivity index (χ1v) is 8.86. The number of aliphatic imine (C=N–C) groups is 1. The van der Waals surface area contributed by atoms with Crippen LogP contribution in [0.15, 0.2) is 28.0 Å². The van der Waals surface area contributed by atoms with Crippen LogP contribution in [0.4, 0.5) is 8.78 Å². The number of nitrogens with zero attached hydrogens (tertiary/aromatic N) is 4. The standard InChI is InChI=1S/C17H26F2N6O/c1-4-12(5-2)14-9-13(26-24-14)10-22-17(20-6-3)23-11-15-21-7-8-25(15)16(18)19/h7-9,12,16H,4-6,10-11H2,1-3H3,(H2,20,22,23). The van der Waals surface area contributed by atoms with E-state index in [4.69, 9.17) is 4.52 Å². The summed E-state index contributed by atoms with van der Waals surface area (Å²) < 4.78 is 31.9. The molecule has 0 saturated heterocycles. The first-order chi connectivity index (χ1) is 12.6. The summed E-state index contributed by atoms with van der Waals surface area (Å²) in [6.45, 7) is 4.64. The second kappa shape index (κ2) is 9.88. The molecule has 0 saturated carbocycles. The van der Waals surface area contributed by atoms with Crippen LogP contribution in [-0.4, -0.2) is 27.2 Å². The van der Waals surface area contributed by atoms with Crippen molar-refractivity contribution in [2.24, 2.45) is 4.99 Å². The highest BCUT2D eigenvalue weighted by Gasteiger charge is 2.14. The molecule has 2 heterocycles. The number of hydrogen-bond donors (Lipinski definition) is 2. The van der Waals surface area contributed by atoms with Crippen molar-refractivity contribution in [1.82, 2.24) is 25.3 Å². The van der Waals surface area contributed by atoms with E-state index in [9.17, 15) is 8.78 Å². The van der Waals surface area contributed by atoms with Gasteiger partial charge in [0.05, 0.1) is 12.2 Å². The van der Waals surface area contributed by atoms with Crippen molar-refractivity contribution >= 4 is 5.96 Å². The van der Waals surface area contributed by atoms with E-state index in [1.807, 2.05) is 13.0 Å². The van der Waals surface area contributed by atoms with Crippen molar-refractivity contribution in [3.05, 3.63) is 35.7 Å². The first-order valence-electron chi connectivity index (χ1n) is 8.86. The minimum atomic E-state index is -2.63. The third-order valence-electron chi connectivity index (χ3n) is 4.09. The molecule has 2 rings (SSSR count). The molecule has 9 heteroatoms. The van der Waals surface area contributed by atoms with Crippen molar-refractivity contribution in [3.8, 4) is 0 Å². The van der Waals surface area contributed by atoms with Gasteiger partial charge in [0.1, 0.15) is 12.4 Å². The average molecular weight is 368 g/mol. The fraction of sp³-hybridized carbons (Fsp3) is 0.588. The van der Waals surface area contributed by atoms with Gasteiger partial charge in [-0.15, -0.1) is 0 Å². The molecule has 0 spiro atoms. The van der Waals surface area contributed by atoms with Crippen LogP contribution in [0.1, 0.15) is 63.4 Å². The smallest absolute Gasteiger partial charge is 0.319 e. The third kappa shape index (κ3) is 5.27. The molecule has 0 aliphatic carbocycles. The Kier molecular flexibility index (Phi) is 7.55. The van der Waals surface area contributed by atoms with Gasteiger partial charge in [0.15, 0.2) is 11.7 Å². The van der Waals surface area contributed by atoms with Crippen molar-refractivity contribution in [2.75, 3.05) is 6.54 Å². The van der Waals surface area contributed by atoms with Gasteiger partial charge in [0, 0.05) is 30.9 Å². The predicted molar refractivity (Wildman–Crippen MR) is 95.0 cm³/mol. The second-order valence-corrected chi connectivity index (χ2v) is 5.81. The number of halogens is 2. The lowest BCUT2D eigenvalue weighted by atomic mass is 9.99. The van der Waals surface area contributed by atoms with E-state index in [1.165, 1.54) is 12.4 Å². The Morgan fingerprint density at radius 3 is 2.69 bits per heavy atom. The normalized spacial score (nSPS) is 12.2. The molecule has 0 aromatic carbocycles. The van der Waals surface area contributed by atoms with Crippen LogP contribution in [-0.2, 0) is 13.1 Å². The molecule has 2 N–H and O–H groups in total. The summed E-state index contributed by atoms with van der Waals surface area (Å²) >= 11 is 0. The number of imidazole rings is 1. The van der Waals surface area contributed by atoms with Gasteiger partial charge in [-0.25, -0.2) is 9.98 Å². The van der Waals surface area contributed by atoms with Crippen LogP contribution < -0.4 is 10.6 Å². The van der Waals surface area contributed by atoms with Crippen molar-refractivity contribution in [3.63, 3.8) is 0 Å². The maximum atomic E-state index is 12.9. The van der Waals surface area contributed by atoms with Crippen molar-refractivity contribution in [2.45, 2.75) is 59.2 Å². The fourth-order valence-corrected chi connectivity index (χ4v) is 2.62. The number of rotatable bonds is 9. The van der Waals surface area contributed by atoms with Gasteiger partial charge in [0.2, 0.25) is 0 Å². The van der Waals surface area contributed by atoms with E-state index >= 15 is 0 Å². The molecule has 0 aliphatic rings. The Labute approximate surface area is 151 Å². The summed E-state index contributed by atoms with van der Waals surface area (Å²) in [6.07, 6.45) is 4.60. The highest BCUT2D eigenvalue weighted by molar-refractivity contribution is 5.79. The summed E-state index contributed by atoms with van der Waals surface area (Å²) in [5.41, 5.74) is 0.952. The van der Waals surface area contributed by atoms with E-state index < -0.39 is 6.55 Å². The number of hydrogen-bond acceptors (Lipinski definition) is 4. The van der Waals surface area contributed by atoms with Gasteiger partial charge >= 0.3 is 6.55 Å². The molecule has 26 heavy (non-hydrogen) atoms. The Morgan fingerprint density at radius 2 is 2.04 bits per heavy atom. The SMILES string of the molecule is CCNC(=NCc1nccn1C(F)F)NCc1cc(C(CC)CC)no1. The lowest BCUT2D eigenvalue weighted by Gasteiger charge is -2.10. The monoisotopic (exact) mass is 368 g/mol. The molecule has 0 atom stereocenters. The van der Waals surface area contributed by atoms with Crippen LogP contribution in [0.2, 0.25) is 0 Å². The first kappa shape index (κ1) is 19.9. The van der Waals surface area contributed by atoms with Crippen LogP contribution in [0.5, 0.6) is 0 Å². The molecule has 2 aromatic heterocycles.